The van der Waals surface area contributed by atoms with Crippen LogP contribution in [0.2, 0.25) is 0 Å². The van der Waals surface area contributed by atoms with Gasteiger partial charge < -0.3 is 15.1 Å². The molecule has 1 aromatic rings. The van der Waals surface area contributed by atoms with Crippen LogP contribution in [-0.2, 0) is 9.59 Å². The zero-order valence-corrected chi connectivity index (χ0v) is 15.8. The highest BCUT2D eigenvalue weighted by Gasteiger charge is 2.30. The minimum absolute atomic E-state index is 0.00235. The van der Waals surface area contributed by atoms with E-state index in [1.165, 1.54) is 0 Å². The van der Waals surface area contributed by atoms with E-state index in [1.807, 2.05) is 17.2 Å². The molecule has 0 unspecified atom stereocenters. The number of rotatable bonds is 4. The average molecular weight is 383 g/mol. The van der Waals surface area contributed by atoms with Gasteiger partial charge in [-0.2, -0.15) is 5.26 Å². The van der Waals surface area contributed by atoms with Crippen LogP contribution in [0.1, 0.15) is 32.1 Å². The van der Waals surface area contributed by atoms with E-state index in [1.54, 1.807) is 23.2 Å². The first-order chi connectivity index (χ1) is 13.7. The standard InChI is InChI=1S/C19H25N7O2/c20-14-22-19(24-16-8-1-3-9-21-16)23-15-7-2-4-12-26(18(15)28)13-17(27)25-10-5-6-11-25/h1,3,8-9,15H,2,4-7,10-13H2,(H2,21,22,23,24)/t15-/m0/s1. The molecule has 0 aliphatic carbocycles. The third kappa shape index (κ3) is 5.19. The highest BCUT2D eigenvalue weighted by Crippen LogP contribution is 2.17. The van der Waals surface area contributed by atoms with Gasteiger partial charge >= 0.3 is 0 Å². The maximum atomic E-state index is 13.0. The number of amides is 2. The zero-order valence-electron chi connectivity index (χ0n) is 15.8. The fraction of sp³-hybridized carbons (Fsp3) is 0.526. The summed E-state index contributed by atoms with van der Waals surface area (Å²) in [6.07, 6.45) is 7.74. The third-order valence-corrected chi connectivity index (χ3v) is 4.91. The van der Waals surface area contributed by atoms with Gasteiger partial charge in [-0.05, 0) is 44.2 Å². The lowest BCUT2D eigenvalue weighted by molar-refractivity contribution is -0.140. The van der Waals surface area contributed by atoms with Crippen molar-refractivity contribution in [2.24, 2.45) is 4.99 Å². The highest BCUT2D eigenvalue weighted by atomic mass is 16.2. The molecule has 0 bridgehead atoms. The largest absolute Gasteiger partial charge is 0.341 e. The minimum atomic E-state index is -0.638. The molecule has 2 aliphatic rings. The number of aliphatic imine (C=N–C) groups is 1. The zero-order chi connectivity index (χ0) is 19.8. The lowest BCUT2D eigenvalue weighted by Crippen LogP contribution is -2.45. The van der Waals surface area contributed by atoms with Crippen molar-refractivity contribution in [2.45, 2.75) is 38.1 Å². The Kier molecular flexibility index (Phi) is 6.78. The van der Waals surface area contributed by atoms with Crippen LogP contribution < -0.4 is 10.6 Å². The molecule has 2 aliphatic heterocycles. The van der Waals surface area contributed by atoms with Crippen molar-refractivity contribution in [1.29, 1.82) is 5.26 Å². The third-order valence-electron chi connectivity index (χ3n) is 4.91. The Balaban J connectivity index is 1.70. The summed E-state index contributed by atoms with van der Waals surface area (Å²) in [5.41, 5.74) is 0. The molecule has 0 saturated carbocycles. The van der Waals surface area contributed by atoms with E-state index in [0.29, 0.717) is 18.8 Å². The van der Waals surface area contributed by atoms with Crippen LogP contribution in [0.5, 0.6) is 0 Å². The smallest absolute Gasteiger partial charge is 0.247 e. The summed E-state index contributed by atoms with van der Waals surface area (Å²) in [7, 11) is 0. The predicted molar refractivity (Wildman–Crippen MR) is 104 cm³/mol. The number of aromatic nitrogens is 1. The number of nitrogens with one attached hydrogen (secondary N) is 2. The van der Waals surface area contributed by atoms with Gasteiger partial charge in [-0.3, -0.25) is 14.9 Å². The number of carbonyl (C=O) groups is 2. The summed E-state index contributed by atoms with van der Waals surface area (Å²) in [5, 5.41) is 14.4. The van der Waals surface area contributed by atoms with Gasteiger partial charge in [0.1, 0.15) is 11.9 Å². The molecule has 0 radical (unpaired) electrons. The Bertz CT molecular complexity index is 753. The molecule has 148 valence electrons. The molecule has 9 nitrogen and oxygen atoms in total. The van der Waals surface area contributed by atoms with E-state index in [9.17, 15) is 9.59 Å². The fourth-order valence-corrected chi connectivity index (χ4v) is 3.45. The van der Waals surface area contributed by atoms with Crippen LogP contribution >= 0.6 is 0 Å². The molecule has 1 atom stereocenters. The van der Waals surface area contributed by atoms with Crippen molar-refractivity contribution < 1.29 is 9.59 Å². The molecule has 1 aromatic heterocycles. The summed E-state index contributed by atoms with van der Waals surface area (Å²) in [5.74, 6) is 0.515. The van der Waals surface area contributed by atoms with Crippen LogP contribution in [0.25, 0.3) is 0 Å². The number of pyridine rings is 1. The van der Waals surface area contributed by atoms with Gasteiger partial charge in [0, 0.05) is 25.8 Å². The Labute approximate surface area is 164 Å². The number of hydrogen-bond donors (Lipinski definition) is 2. The van der Waals surface area contributed by atoms with Gasteiger partial charge in [-0.1, -0.05) is 6.07 Å². The van der Waals surface area contributed by atoms with Gasteiger partial charge in [-0.25, -0.2) is 9.98 Å². The molecular formula is C19H25N7O2. The molecule has 2 saturated heterocycles. The van der Waals surface area contributed by atoms with E-state index >= 15 is 0 Å². The number of carbonyl (C=O) groups excluding carboxylic acids is 2. The van der Waals surface area contributed by atoms with Crippen LogP contribution in [-0.4, -0.2) is 64.8 Å². The number of anilines is 1. The van der Waals surface area contributed by atoms with Crippen LogP contribution in [0.3, 0.4) is 0 Å². The fourth-order valence-electron chi connectivity index (χ4n) is 3.45. The van der Waals surface area contributed by atoms with Gasteiger partial charge in [0.05, 0.1) is 6.54 Å². The molecule has 0 spiro atoms. The highest BCUT2D eigenvalue weighted by molar-refractivity contribution is 5.96. The summed E-state index contributed by atoms with van der Waals surface area (Å²) in [6.45, 7) is 2.19. The lowest BCUT2D eigenvalue weighted by Gasteiger charge is -2.25. The van der Waals surface area contributed by atoms with E-state index in [-0.39, 0.29) is 24.3 Å². The van der Waals surface area contributed by atoms with Crippen molar-refractivity contribution >= 4 is 23.6 Å². The van der Waals surface area contributed by atoms with Gasteiger partial charge in [-0.15, -0.1) is 0 Å². The first kappa shape index (κ1) is 19.6. The molecular weight excluding hydrogens is 358 g/mol. The van der Waals surface area contributed by atoms with Crippen LogP contribution in [0, 0.1) is 11.5 Å². The van der Waals surface area contributed by atoms with Crippen LogP contribution in [0.4, 0.5) is 5.82 Å². The van der Waals surface area contributed by atoms with E-state index < -0.39 is 6.04 Å². The maximum Gasteiger partial charge on any atom is 0.247 e. The van der Waals surface area contributed by atoms with Crippen molar-refractivity contribution in [2.75, 3.05) is 31.5 Å². The number of guanidine groups is 1. The minimum Gasteiger partial charge on any atom is -0.341 e. The average Bonchev–Trinajstić information content (AvgIpc) is 3.19. The van der Waals surface area contributed by atoms with Gasteiger partial charge in [0.2, 0.25) is 17.8 Å². The Hall–Kier alpha value is -3.15. The van der Waals surface area contributed by atoms with Crippen LogP contribution in [0.15, 0.2) is 29.4 Å². The topological polar surface area (TPSA) is 114 Å². The molecule has 3 rings (SSSR count). The lowest BCUT2D eigenvalue weighted by atomic mass is 10.1. The summed E-state index contributed by atoms with van der Waals surface area (Å²) >= 11 is 0. The Morgan fingerprint density at radius 1 is 1.25 bits per heavy atom. The second kappa shape index (κ2) is 9.69. The van der Waals surface area contributed by atoms with E-state index in [4.69, 9.17) is 5.26 Å². The summed E-state index contributed by atoms with van der Waals surface area (Å²) in [6, 6.07) is 4.69. The molecule has 0 aromatic carbocycles. The molecule has 9 heteroatoms. The monoisotopic (exact) mass is 383 g/mol. The van der Waals surface area contributed by atoms with E-state index in [0.717, 1.165) is 38.8 Å². The first-order valence-corrected chi connectivity index (χ1v) is 9.65. The number of hydrogen-bond acceptors (Lipinski definition) is 5. The SMILES string of the molecule is N#CNC(=N[C@H]1CCCCN(CC(=O)N2CCCC2)C1=O)Nc1ccccn1. The molecule has 2 fully saturated rings. The second-order valence-electron chi connectivity index (χ2n) is 6.91. The quantitative estimate of drug-likeness (QED) is 0.346. The number of nitrogens with zero attached hydrogens (tertiary/aromatic N) is 5. The summed E-state index contributed by atoms with van der Waals surface area (Å²) < 4.78 is 0. The van der Waals surface area contributed by atoms with Crippen molar-refractivity contribution in [1.82, 2.24) is 20.1 Å². The molecule has 3 heterocycles. The normalized spacial score (nSPS) is 20.5. The Morgan fingerprint density at radius 2 is 2.04 bits per heavy atom. The van der Waals surface area contributed by atoms with Gasteiger partial charge in [0.25, 0.3) is 0 Å². The molecule has 28 heavy (non-hydrogen) atoms. The van der Waals surface area contributed by atoms with Crippen molar-refractivity contribution in [3.63, 3.8) is 0 Å². The molecule has 2 amide bonds. The first-order valence-electron chi connectivity index (χ1n) is 9.65. The number of nitriles is 1. The van der Waals surface area contributed by atoms with E-state index in [2.05, 4.69) is 20.6 Å². The predicted octanol–water partition coefficient (Wildman–Crippen LogP) is 0.924. The molecule has 2 N–H and O–H groups in total. The summed E-state index contributed by atoms with van der Waals surface area (Å²) in [4.78, 5) is 37.4. The Morgan fingerprint density at radius 3 is 2.75 bits per heavy atom. The van der Waals surface area contributed by atoms with Gasteiger partial charge in [0.15, 0.2) is 6.19 Å². The van der Waals surface area contributed by atoms with Crippen molar-refractivity contribution in [3.8, 4) is 6.19 Å². The van der Waals surface area contributed by atoms with Crippen molar-refractivity contribution in [3.05, 3.63) is 24.4 Å². The number of likely N-dealkylation sites (tertiary alicyclic amines) is 2. The second-order valence-corrected chi connectivity index (χ2v) is 6.91. The maximum absolute atomic E-state index is 13.0.